The predicted octanol–water partition coefficient (Wildman–Crippen LogP) is 3.67. The predicted molar refractivity (Wildman–Crippen MR) is 70.5 cm³/mol. The van der Waals surface area contributed by atoms with E-state index in [0.29, 0.717) is 17.5 Å². The monoisotopic (exact) mass is 320 g/mol. The molecule has 0 aliphatic carbocycles. The van der Waals surface area contributed by atoms with E-state index >= 15 is 0 Å². The molecular weight excluding hydrogens is 312 g/mol. The van der Waals surface area contributed by atoms with E-state index in [1.807, 2.05) is 24.3 Å². The summed E-state index contributed by atoms with van der Waals surface area (Å²) in [6, 6.07) is 11.1. The Bertz CT molecular complexity index is 664. The first-order valence-corrected chi connectivity index (χ1v) is 6.36. The van der Waals surface area contributed by atoms with Crippen LogP contribution in [-0.4, -0.2) is 10.1 Å². The fourth-order valence-corrected chi connectivity index (χ4v) is 1.92. The summed E-state index contributed by atoms with van der Waals surface area (Å²) >= 11 is 3.40. The van der Waals surface area contributed by atoms with Gasteiger partial charge in [0.05, 0.1) is 10.7 Å². The number of aromatic nitrogens is 2. The third-order valence-corrected chi connectivity index (χ3v) is 3.05. The van der Waals surface area contributed by atoms with E-state index in [2.05, 4.69) is 26.1 Å². The highest BCUT2D eigenvalue weighted by molar-refractivity contribution is 9.10. The molecule has 2 heterocycles. The van der Waals surface area contributed by atoms with Crippen LogP contribution in [0.5, 0.6) is 5.75 Å². The maximum atomic E-state index is 5.59. The number of ether oxygens (including phenoxy) is 1. The number of hydrogen-bond acceptors (Lipinski definition) is 5. The molecule has 0 atom stereocenters. The molecule has 0 unspecified atom stereocenters. The van der Waals surface area contributed by atoms with Crippen molar-refractivity contribution in [2.45, 2.75) is 6.61 Å². The minimum atomic E-state index is 0.229. The third kappa shape index (κ3) is 2.68. The summed E-state index contributed by atoms with van der Waals surface area (Å²) in [4.78, 5) is 4.19. The summed E-state index contributed by atoms with van der Waals surface area (Å²) < 4.78 is 16.7. The normalized spacial score (nSPS) is 10.6. The van der Waals surface area contributed by atoms with Crippen molar-refractivity contribution in [3.05, 3.63) is 53.0 Å². The summed E-state index contributed by atoms with van der Waals surface area (Å²) in [7, 11) is 0. The van der Waals surface area contributed by atoms with Crippen molar-refractivity contribution in [3.63, 3.8) is 0 Å². The van der Waals surface area contributed by atoms with Crippen LogP contribution < -0.4 is 4.74 Å². The summed E-state index contributed by atoms with van der Waals surface area (Å²) in [6.45, 7) is 0.229. The van der Waals surface area contributed by atoms with Crippen molar-refractivity contribution < 1.29 is 13.7 Å². The van der Waals surface area contributed by atoms with Crippen molar-refractivity contribution in [1.29, 1.82) is 0 Å². The highest BCUT2D eigenvalue weighted by atomic mass is 79.9. The van der Waals surface area contributed by atoms with Crippen LogP contribution in [0, 0.1) is 0 Å². The number of benzene rings is 1. The van der Waals surface area contributed by atoms with Gasteiger partial charge in [-0.25, -0.2) is 0 Å². The molecule has 0 saturated heterocycles. The Morgan fingerprint density at radius 3 is 2.84 bits per heavy atom. The standard InChI is InChI=1S/C13H9BrN2O3/c14-9-4-1-2-5-10(9)18-8-12-15-13(19-16-12)11-6-3-7-17-11/h1-7H,8H2. The van der Waals surface area contributed by atoms with Crippen molar-refractivity contribution in [3.8, 4) is 17.4 Å². The second-order valence-electron chi connectivity index (χ2n) is 3.71. The van der Waals surface area contributed by atoms with E-state index in [1.165, 1.54) is 0 Å². The molecule has 2 aromatic heterocycles. The zero-order valence-corrected chi connectivity index (χ0v) is 11.3. The van der Waals surface area contributed by atoms with Crippen LogP contribution in [0.2, 0.25) is 0 Å². The van der Waals surface area contributed by atoms with Gasteiger partial charge in [-0.2, -0.15) is 4.98 Å². The Morgan fingerprint density at radius 1 is 1.16 bits per heavy atom. The lowest BCUT2D eigenvalue weighted by Crippen LogP contribution is -1.97. The van der Waals surface area contributed by atoms with Crippen LogP contribution in [0.1, 0.15) is 5.82 Å². The third-order valence-electron chi connectivity index (χ3n) is 2.39. The lowest BCUT2D eigenvalue weighted by atomic mass is 10.3. The van der Waals surface area contributed by atoms with E-state index in [4.69, 9.17) is 13.7 Å². The molecule has 3 aromatic rings. The zero-order chi connectivity index (χ0) is 13.1. The maximum Gasteiger partial charge on any atom is 0.293 e. The van der Waals surface area contributed by atoms with E-state index in [9.17, 15) is 0 Å². The van der Waals surface area contributed by atoms with Crippen molar-refractivity contribution >= 4 is 15.9 Å². The highest BCUT2D eigenvalue weighted by Crippen LogP contribution is 2.24. The first-order chi connectivity index (χ1) is 9.33. The molecule has 0 amide bonds. The summed E-state index contributed by atoms with van der Waals surface area (Å²) in [5.41, 5.74) is 0. The maximum absolute atomic E-state index is 5.59. The van der Waals surface area contributed by atoms with Crippen LogP contribution in [0.3, 0.4) is 0 Å². The molecule has 0 fully saturated rings. The average molecular weight is 321 g/mol. The van der Waals surface area contributed by atoms with Gasteiger partial charge < -0.3 is 13.7 Å². The van der Waals surface area contributed by atoms with E-state index in [1.54, 1.807) is 18.4 Å². The van der Waals surface area contributed by atoms with Gasteiger partial charge in [-0.3, -0.25) is 0 Å². The largest absolute Gasteiger partial charge is 0.484 e. The molecule has 0 spiro atoms. The molecule has 5 nitrogen and oxygen atoms in total. The fourth-order valence-electron chi connectivity index (χ4n) is 1.52. The van der Waals surface area contributed by atoms with Crippen LogP contribution >= 0.6 is 15.9 Å². The number of para-hydroxylation sites is 1. The molecule has 1 aromatic carbocycles. The first kappa shape index (κ1) is 12.0. The smallest absolute Gasteiger partial charge is 0.293 e. The molecule has 3 rings (SSSR count). The van der Waals surface area contributed by atoms with E-state index < -0.39 is 0 Å². The second-order valence-corrected chi connectivity index (χ2v) is 4.57. The van der Waals surface area contributed by atoms with Crippen molar-refractivity contribution in [1.82, 2.24) is 10.1 Å². The molecule has 0 saturated carbocycles. The van der Waals surface area contributed by atoms with Crippen LogP contribution in [0.25, 0.3) is 11.7 Å². The van der Waals surface area contributed by atoms with Gasteiger partial charge in [0.1, 0.15) is 5.75 Å². The average Bonchev–Trinajstić information content (AvgIpc) is 3.09. The van der Waals surface area contributed by atoms with Crippen LogP contribution in [0.4, 0.5) is 0 Å². The second kappa shape index (κ2) is 5.27. The topological polar surface area (TPSA) is 61.3 Å². The molecule has 0 aliphatic heterocycles. The molecule has 0 N–H and O–H groups in total. The van der Waals surface area contributed by atoms with Crippen LogP contribution in [0.15, 0.2) is 56.1 Å². The Balaban J connectivity index is 1.70. The van der Waals surface area contributed by atoms with Gasteiger partial charge >= 0.3 is 0 Å². The van der Waals surface area contributed by atoms with Gasteiger partial charge in [-0.1, -0.05) is 17.3 Å². The number of halogens is 1. The zero-order valence-electron chi connectivity index (χ0n) is 9.75. The van der Waals surface area contributed by atoms with Gasteiger partial charge in [0.2, 0.25) is 5.82 Å². The number of nitrogens with zero attached hydrogens (tertiary/aromatic N) is 2. The van der Waals surface area contributed by atoms with Gasteiger partial charge in [0.25, 0.3) is 5.89 Å². The minimum absolute atomic E-state index is 0.229. The molecule has 19 heavy (non-hydrogen) atoms. The molecule has 6 heteroatoms. The molecule has 0 bridgehead atoms. The van der Waals surface area contributed by atoms with Gasteiger partial charge in [-0.05, 0) is 40.2 Å². The van der Waals surface area contributed by atoms with Crippen molar-refractivity contribution in [2.75, 3.05) is 0 Å². The number of rotatable bonds is 4. The fraction of sp³-hybridized carbons (Fsp3) is 0.0769. The summed E-state index contributed by atoms with van der Waals surface area (Å²) in [5.74, 6) is 2.07. The molecule has 0 aliphatic rings. The Kier molecular flexibility index (Phi) is 3.33. The number of furan rings is 1. The molecular formula is C13H9BrN2O3. The first-order valence-electron chi connectivity index (χ1n) is 5.57. The summed E-state index contributed by atoms with van der Waals surface area (Å²) in [5, 5.41) is 3.83. The Labute approximate surface area is 117 Å². The van der Waals surface area contributed by atoms with Gasteiger partial charge in [-0.15, -0.1) is 0 Å². The molecule has 0 radical (unpaired) electrons. The lowest BCUT2D eigenvalue weighted by Gasteiger charge is -2.04. The molecule has 96 valence electrons. The number of hydrogen-bond donors (Lipinski definition) is 0. The van der Waals surface area contributed by atoms with Gasteiger partial charge in [0.15, 0.2) is 12.4 Å². The SMILES string of the molecule is Brc1ccccc1OCc1noc(-c2ccco2)n1. The lowest BCUT2D eigenvalue weighted by molar-refractivity contribution is 0.285. The van der Waals surface area contributed by atoms with Crippen LogP contribution in [-0.2, 0) is 6.61 Å². The summed E-state index contributed by atoms with van der Waals surface area (Å²) in [6.07, 6.45) is 1.55. The minimum Gasteiger partial charge on any atom is -0.484 e. The van der Waals surface area contributed by atoms with E-state index in [0.717, 1.165) is 10.2 Å². The highest BCUT2D eigenvalue weighted by Gasteiger charge is 2.11. The van der Waals surface area contributed by atoms with E-state index in [-0.39, 0.29) is 6.61 Å². The van der Waals surface area contributed by atoms with Crippen molar-refractivity contribution in [2.24, 2.45) is 0 Å². The Hall–Kier alpha value is -2.08. The quantitative estimate of drug-likeness (QED) is 0.734. The Morgan fingerprint density at radius 2 is 2.05 bits per heavy atom. The van der Waals surface area contributed by atoms with Gasteiger partial charge in [0, 0.05) is 0 Å².